The Hall–Kier alpha value is -4.70. The van der Waals surface area contributed by atoms with Gasteiger partial charge in [-0.2, -0.15) is 0 Å². The number of fused-ring (bicyclic) bond motifs is 2. The average molecular weight is 514 g/mol. The average Bonchev–Trinajstić information content (AvgIpc) is 3.00. The second kappa shape index (κ2) is 11.4. The van der Waals surface area contributed by atoms with Crippen LogP contribution in [0.3, 0.4) is 0 Å². The van der Waals surface area contributed by atoms with Gasteiger partial charge in [0.25, 0.3) is 0 Å². The zero-order valence-electron chi connectivity index (χ0n) is 22.0. The van der Waals surface area contributed by atoms with Gasteiger partial charge in [-0.1, -0.05) is 72.8 Å². The van der Waals surface area contributed by atoms with Crippen molar-refractivity contribution in [2.75, 3.05) is 25.2 Å². The Balaban J connectivity index is 1.34. The van der Waals surface area contributed by atoms with Gasteiger partial charge in [-0.05, 0) is 58.7 Å². The van der Waals surface area contributed by atoms with Gasteiger partial charge in [0.05, 0.1) is 20.3 Å². The number of methoxy groups -OCH3 is 1. The van der Waals surface area contributed by atoms with Crippen LogP contribution in [0.4, 0.5) is 5.69 Å². The Labute approximate surface area is 230 Å². The first-order valence-corrected chi connectivity index (χ1v) is 13.3. The van der Waals surface area contributed by atoms with Crippen LogP contribution >= 0.6 is 0 Å². The highest BCUT2D eigenvalue weighted by Gasteiger charge is 2.18. The van der Waals surface area contributed by atoms with Crippen LogP contribution in [0.25, 0.3) is 23.3 Å². The van der Waals surface area contributed by atoms with Gasteiger partial charge < -0.3 is 19.1 Å². The largest absolute Gasteiger partial charge is 0.497 e. The van der Waals surface area contributed by atoms with E-state index in [0.717, 1.165) is 58.0 Å². The van der Waals surface area contributed by atoms with Crippen molar-refractivity contribution < 1.29 is 14.2 Å². The molecule has 194 valence electrons. The van der Waals surface area contributed by atoms with Crippen LogP contribution in [0.2, 0.25) is 0 Å². The number of para-hydroxylation sites is 2. The molecule has 0 aromatic heterocycles. The molecule has 0 fully saturated rings. The lowest BCUT2D eigenvalue weighted by Gasteiger charge is -2.26. The maximum atomic E-state index is 5.92. The SMILES string of the molecule is COc1ccc(C=Cc2ccc(N(C=C3CCOc4ccccc43)C=C3CCOc4ccccc43)cc2)cc1. The van der Waals surface area contributed by atoms with Gasteiger partial charge in [-0.3, -0.25) is 0 Å². The molecule has 2 aliphatic rings. The molecule has 4 nitrogen and oxygen atoms in total. The fraction of sp³-hybridized carbons (Fsp3) is 0.143. The topological polar surface area (TPSA) is 30.9 Å². The minimum Gasteiger partial charge on any atom is -0.497 e. The maximum absolute atomic E-state index is 5.92. The predicted octanol–water partition coefficient (Wildman–Crippen LogP) is 8.32. The van der Waals surface area contributed by atoms with Crippen LogP contribution in [0.15, 0.2) is 109 Å². The van der Waals surface area contributed by atoms with E-state index in [1.54, 1.807) is 7.11 Å². The molecular formula is C35H31NO3. The van der Waals surface area contributed by atoms with Crippen molar-refractivity contribution in [1.29, 1.82) is 0 Å². The zero-order valence-corrected chi connectivity index (χ0v) is 22.0. The molecule has 0 saturated carbocycles. The normalized spacial score (nSPS) is 16.3. The molecule has 2 aliphatic heterocycles. The summed E-state index contributed by atoms with van der Waals surface area (Å²) in [6.45, 7) is 1.36. The van der Waals surface area contributed by atoms with E-state index in [9.17, 15) is 0 Å². The molecule has 0 spiro atoms. The Morgan fingerprint density at radius 1 is 0.615 bits per heavy atom. The Bertz CT molecular complexity index is 1460. The van der Waals surface area contributed by atoms with E-state index in [1.165, 1.54) is 11.1 Å². The first-order valence-electron chi connectivity index (χ1n) is 13.3. The van der Waals surface area contributed by atoms with Crippen molar-refractivity contribution in [3.63, 3.8) is 0 Å². The number of hydrogen-bond acceptors (Lipinski definition) is 4. The number of hydrogen-bond donors (Lipinski definition) is 0. The minimum absolute atomic E-state index is 0.680. The first kappa shape index (κ1) is 24.6. The summed E-state index contributed by atoms with van der Waals surface area (Å²) in [5.41, 5.74) is 8.20. The van der Waals surface area contributed by atoms with Gasteiger partial charge >= 0.3 is 0 Å². The molecule has 0 unspecified atom stereocenters. The molecule has 0 radical (unpaired) electrons. The van der Waals surface area contributed by atoms with Crippen molar-refractivity contribution in [3.05, 3.63) is 132 Å². The molecule has 4 aromatic carbocycles. The quantitative estimate of drug-likeness (QED) is 0.243. The van der Waals surface area contributed by atoms with E-state index in [0.29, 0.717) is 13.2 Å². The van der Waals surface area contributed by atoms with E-state index in [2.05, 4.69) is 90.1 Å². The molecule has 4 aromatic rings. The molecule has 0 N–H and O–H groups in total. The fourth-order valence-electron chi connectivity index (χ4n) is 4.98. The third-order valence-corrected chi connectivity index (χ3v) is 7.09. The Morgan fingerprint density at radius 2 is 1.10 bits per heavy atom. The van der Waals surface area contributed by atoms with E-state index < -0.39 is 0 Å². The lowest BCUT2D eigenvalue weighted by atomic mass is 9.99. The van der Waals surface area contributed by atoms with E-state index in [4.69, 9.17) is 14.2 Å². The molecule has 0 saturated heterocycles. The third-order valence-electron chi connectivity index (χ3n) is 7.09. The standard InChI is InChI=1S/C35H31NO3/c1-37-31-18-14-27(15-19-31)11-10-26-12-16-30(17-13-26)36(24-28-20-22-38-34-8-4-2-6-32(28)34)25-29-21-23-39-35-9-5-3-7-33(29)35/h2-19,24-25H,20-23H2,1H3. The molecule has 6 rings (SSSR count). The molecule has 2 heterocycles. The lowest BCUT2D eigenvalue weighted by Crippen LogP contribution is -2.15. The number of benzene rings is 4. The van der Waals surface area contributed by atoms with Crippen LogP contribution in [-0.4, -0.2) is 20.3 Å². The van der Waals surface area contributed by atoms with Crippen molar-refractivity contribution >= 4 is 29.0 Å². The van der Waals surface area contributed by atoms with Gasteiger partial charge in [-0.25, -0.2) is 0 Å². The van der Waals surface area contributed by atoms with Gasteiger partial charge in [-0.15, -0.1) is 0 Å². The Kier molecular flexibility index (Phi) is 7.17. The summed E-state index contributed by atoms with van der Waals surface area (Å²) >= 11 is 0. The van der Waals surface area contributed by atoms with Crippen LogP contribution in [0, 0.1) is 0 Å². The summed E-state index contributed by atoms with van der Waals surface area (Å²) in [5.74, 6) is 2.75. The van der Waals surface area contributed by atoms with Crippen molar-refractivity contribution in [3.8, 4) is 17.2 Å². The van der Waals surface area contributed by atoms with Gasteiger partial charge in [0.15, 0.2) is 0 Å². The smallest absolute Gasteiger partial charge is 0.126 e. The number of rotatable bonds is 6. The van der Waals surface area contributed by atoms with Gasteiger partial charge in [0.2, 0.25) is 0 Å². The van der Waals surface area contributed by atoms with E-state index >= 15 is 0 Å². The van der Waals surface area contributed by atoms with Crippen LogP contribution in [-0.2, 0) is 0 Å². The van der Waals surface area contributed by atoms with E-state index in [-0.39, 0.29) is 0 Å². The second-order valence-corrected chi connectivity index (χ2v) is 9.60. The first-order chi connectivity index (χ1) is 19.3. The van der Waals surface area contributed by atoms with Gasteiger partial charge in [0, 0.05) is 42.1 Å². The highest BCUT2D eigenvalue weighted by atomic mass is 16.5. The van der Waals surface area contributed by atoms with Crippen molar-refractivity contribution in [2.24, 2.45) is 0 Å². The molecule has 0 bridgehead atoms. The Morgan fingerprint density at radius 3 is 1.62 bits per heavy atom. The summed E-state index contributed by atoms with van der Waals surface area (Å²) in [5, 5.41) is 0. The van der Waals surface area contributed by atoms with Crippen LogP contribution in [0.5, 0.6) is 17.2 Å². The molecule has 4 heteroatoms. The number of anilines is 1. The maximum Gasteiger partial charge on any atom is 0.126 e. The molecule has 0 amide bonds. The minimum atomic E-state index is 0.680. The molecule has 39 heavy (non-hydrogen) atoms. The van der Waals surface area contributed by atoms with Gasteiger partial charge in [0.1, 0.15) is 17.2 Å². The summed E-state index contributed by atoms with van der Waals surface area (Å²) in [7, 11) is 1.68. The predicted molar refractivity (Wildman–Crippen MR) is 160 cm³/mol. The highest BCUT2D eigenvalue weighted by molar-refractivity contribution is 5.79. The van der Waals surface area contributed by atoms with Crippen LogP contribution in [0.1, 0.15) is 35.1 Å². The van der Waals surface area contributed by atoms with Crippen molar-refractivity contribution in [2.45, 2.75) is 12.8 Å². The second-order valence-electron chi connectivity index (χ2n) is 9.60. The lowest BCUT2D eigenvalue weighted by molar-refractivity contribution is 0.316. The highest BCUT2D eigenvalue weighted by Crippen LogP contribution is 2.36. The summed E-state index contributed by atoms with van der Waals surface area (Å²) in [4.78, 5) is 2.26. The summed E-state index contributed by atoms with van der Waals surface area (Å²) in [6, 6.07) is 33.3. The fourth-order valence-corrected chi connectivity index (χ4v) is 4.98. The summed E-state index contributed by atoms with van der Waals surface area (Å²) < 4.78 is 17.1. The molecule has 0 aliphatic carbocycles. The monoisotopic (exact) mass is 513 g/mol. The third kappa shape index (κ3) is 5.60. The number of ether oxygens (including phenoxy) is 3. The van der Waals surface area contributed by atoms with Crippen LogP contribution < -0.4 is 19.1 Å². The molecule has 0 atom stereocenters. The van der Waals surface area contributed by atoms with Crippen molar-refractivity contribution in [1.82, 2.24) is 0 Å². The zero-order chi connectivity index (χ0) is 26.4. The molecular weight excluding hydrogens is 482 g/mol. The summed E-state index contributed by atoms with van der Waals surface area (Å²) in [6.07, 6.45) is 10.5. The van der Waals surface area contributed by atoms with E-state index in [1.807, 2.05) is 36.4 Å². The number of nitrogens with zero attached hydrogens (tertiary/aromatic N) is 1.